The van der Waals surface area contributed by atoms with Crippen molar-refractivity contribution in [3.63, 3.8) is 0 Å². The SMILES string of the molecule is Cc1cc(C)nc(NC(=O)C2(C(N)=S)CCCCC2)n1. The molecular formula is C14H20N4OS. The number of nitrogens with one attached hydrogen (secondary N) is 1. The summed E-state index contributed by atoms with van der Waals surface area (Å²) in [5.41, 5.74) is 6.75. The molecule has 108 valence electrons. The fourth-order valence-electron chi connectivity index (χ4n) is 2.74. The Labute approximate surface area is 124 Å². The Hall–Kier alpha value is -1.56. The molecule has 1 aliphatic carbocycles. The highest BCUT2D eigenvalue weighted by molar-refractivity contribution is 7.80. The highest BCUT2D eigenvalue weighted by atomic mass is 32.1. The first-order valence-corrected chi connectivity index (χ1v) is 7.28. The minimum absolute atomic E-state index is 0.172. The van der Waals surface area contributed by atoms with Gasteiger partial charge in [0.15, 0.2) is 0 Å². The summed E-state index contributed by atoms with van der Waals surface area (Å²) >= 11 is 5.15. The summed E-state index contributed by atoms with van der Waals surface area (Å²) in [6.45, 7) is 3.74. The predicted octanol–water partition coefficient (Wildman–Crippen LogP) is 2.27. The molecule has 1 aliphatic rings. The first-order valence-electron chi connectivity index (χ1n) is 6.88. The van der Waals surface area contributed by atoms with Crippen LogP contribution in [0.1, 0.15) is 43.5 Å². The number of rotatable bonds is 3. The van der Waals surface area contributed by atoms with E-state index in [0.29, 0.717) is 18.8 Å². The Morgan fingerprint density at radius 1 is 1.25 bits per heavy atom. The van der Waals surface area contributed by atoms with Gasteiger partial charge in [0.1, 0.15) is 0 Å². The predicted molar refractivity (Wildman–Crippen MR) is 82.4 cm³/mol. The van der Waals surface area contributed by atoms with Gasteiger partial charge in [-0.2, -0.15) is 0 Å². The van der Waals surface area contributed by atoms with Crippen molar-refractivity contribution in [1.29, 1.82) is 0 Å². The molecule has 0 radical (unpaired) electrons. The Balaban J connectivity index is 2.22. The van der Waals surface area contributed by atoms with E-state index in [0.717, 1.165) is 30.7 Å². The summed E-state index contributed by atoms with van der Waals surface area (Å²) in [6.07, 6.45) is 4.48. The van der Waals surface area contributed by atoms with E-state index in [9.17, 15) is 4.79 Å². The van der Waals surface area contributed by atoms with E-state index >= 15 is 0 Å². The molecule has 0 bridgehead atoms. The number of hydrogen-bond acceptors (Lipinski definition) is 4. The third kappa shape index (κ3) is 2.95. The van der Waals surface area contributed by atoms with E-state index in [1.54, 1.807) is 0 Å². The Kier molecular flexibility index (Phi) is 4.32. The maximum Gasteiger partial charge on any atom is 0.239 e. The highest BCUT2D eigenvalue weighted by Gasteiger charge is 2.42. The van der Waals surface area contributed by atoms with Gasteiger partial charge >= 0.3 is 0 Å². The smallest absolute Gasteiger partial charge is 0.239 e. The lowest BCUT2D eigenvalue weighted by atomic mass is 9.73. The summed E-state index contributed by atoms with van der Waals surface area (Å²) in [5, 5.41) is 2.79. The Morgan fingerprint density at radius 2 is 1.80 bits per heavy atom. The number of aromatic nitrogens is 2. The zero-order valence-corrected chi connectivity index (χ0v) is 12.7. The fraction of sp³-hybridized carbons (Fsp3) is 0.571. The van der Waals surface area contributed by atoms with E-state index < -0.39 is 5.41 Å². The summed E-state index contributed by atoms with van der Waals surface area (Å²) in [6, 6.07) is 1.86. The summed E-state index contributed by atoms with van der Waals surface area (Å²) in [7, 11) is 0. The molecule has 1 aromatic rings. The van der Waals surface area contributed by atoms with Crippen LogP contribution in [0.2, 0.25) is 0 Å². The molecule has 1 saturated carbocycles. The number of aryl methyl sites for hydroxylation is 2. The number of carbonyl (C=O) groups excluding carboxylic acids is 1. The van der Waals surface area contributed by atoms with Gasteiger partial charge in [0.25, 0.3) is 0 Å². The molecule has 0 aromatic carbocycles. The second-order valence-electron chi connectivity index (χ2n) is 5.44. The number of hydrogen-bond donors (Lipinski definition) is 2. The van der Waals surface area contributed by atoms with Crippen molar-refractivity contribution < 1.29 is 4.79 Å². The van der Waals surface area contributed by atoms with Crippen LogP contribution in [0.15, 0.2) is 6.07 Å². The minimum atomic E-state index is -0.741. The zero-order valence-electron chi connectivity index (χ0n) is 11.9. The van der Waals surface area contributed by atoms with E-state index in [2.05, 4.69) is 15.3 Å². The molecule has 2 rings (SSSR count). The van der Waals surface area contributed by atoms with Crippen LogP contribution in [0.25, 0.3) is 0 Å². The first kappa shape index (κ1) is 14.8. The standard InChI is InChI=1S/C14H20N4OS/c1-9-8-10(2)17-13(16-9)18-12(19)14(11(15)20)6-4-3-5-7-14/h8H,3-7H2,1-2H3,(H2,15,20)(H,16,17,18,19). The lowest BCUT2D eigenvalue weighted by Crippen LogP contribution is -2.47. The molecule has 6 heteroatoms. The lowest BCUT2D eigenvalue weighted by Gasteiger charge is -2.34. The van der Waals surface area contributed by atoms with Gasteiger partial charge in [0.2, 0.25) is 11.9 Å². The molecule has 3 N–H and O–H groups in total. The molecule has 0 atom stereocenters. The van der Waals surface area contributed by atoms with Gasteiger partial charge in [-0.1, -0.05) is 31.5 Å². The van der Waals surface area contributed by atoms with E-state index in [1.165, 1.54) is 0 Å². The number of nitrogens with two attached hydrogens (primary N) is 1. The Bertz CT molecular complexity index is 518. The van der Waals surface area contributed by atoms with Crippen molar-refractivity contribution in [1.82, 2.24) is 9.97 Å². The van der Waals surface area contributed by atoms with Crippen LogP contribution in [-0.2, 0) is 4.79 Å². The average molecular weight is 292 g/mol. The van der Waals surface area contributed by atoms with Crippen LogP contribution in [0, 0.1) is 19.3 Å². The number of amides is 1. The normalized spacial score (nSPS) is 17.5. The average Bonchev–Trinajstić information content (AvgIpc) is 2.38. The van der Waals surface area contributed by atoms with E-state index in [4.69, 9.17) is 18.0 Å². The quantitative estimate of drug-likeness (QED) is 0.835. The summed E-state index contributed by atoms with van der Waals surface area (Å²) < 4.78 is 0. The Morgan fingerprint density at radius 3 is 2.30 bits per heavy atom. The molecule has 5 nitrogen and oxygen atoms in total. The van der Waals surface area contributed by atoms with Crippen LogP contribution < -0.4 is 11.1 Å². The van der Waals surface area contributed by atoms with E-state index in [-0.39, 0.29) is 10.9 Å². The number of carbonyl (C=O) groups is 1. The molecule has 0 saturated heterocycles. The van der Waals surface area contributed by atoms with Gasteiger partial charge < -0.3 is 5.73 Å². The van der Waals surface area contributed by atoms with Gasteiger partial charge in [0, 0.05) is 11.4 Å². The maximum atomic E-state index is 12.6. The highest BCUT2D eigenvalue weighted by Crippen LogP contribution is 2.37. The van der Waals surface area contributed by atoms with Crippen molar-refractivity contribution >= 4 is 29.1 Å². The monoisotopic (exact) mass is 292 g/mol. The van der Waals surface area contributed by atoms with Crippen molar-refractivity contribution in [2.45, 2.75) is 46.0 Å². The molecule has 0 aliphatic heterocycles. The molecule has 0 unspecified atom stereocenters. The van der Waals surface area contributed by atoms with Crippen molar-refractivity contribution in [2.24, 2.45) is 11.1 Å². The second kappa shape index (κ2) is 5.83. The largest absolute Gasteiger partial charge is 0.392 e. The summed E-state index contributed by atoms with van der Waals surface area (Å²) in [5.74, 6) is 0.156. The van der Waals surface area contributed by atoms with Gasteiger partial charge in [0.05, 0.1) is 10.4 Å². The van der Waals surface area contributed by atoms with Crippen LogP contribution in [-0.4, -0.2) is 20.9 Å². The molecule has 1 aromatic heterocycles. The van der Waals surface area contributed by atoms with Crippen molar-refractivity contribution in [3.8, 4) is 0 Å². The fourth-order valence-corrected chi connectivity index (χ4v) is 3.04. The summed E-state index contributed by atoms with van der Waals surface area (Å²) in [4.78, 5) is 21.3. The second-order valence-corrected chi connectivity index (χ2v) is 5.88. The number of anilines is 1. The molecule has 0 spiro atoms. The van der Waals surface area contributed by atoms with Crippen molar-refractivity contribution in [3.05, 3.63) is 17.5 Å². The topological polar surface area (TPSA) is 80.9 Å². The molecule has 20 heavy (non-hydrogen) atoms. The molecule has 1 fully saturated rings. The minimum Gasteiger partial charge on any atom is -0.392 e. The number of thiocarbonyl (C=S) groups is 1. The van der Waals surface area contributed by atoms with E-state index in [1.807, 2.05) is 19.9 Å². The lowest BCUT2D eigenvalue weighted by molar-refractivity contribution is -0.123. The zero-order chi connectivity index (χ0) is 14.8. The van der Waals surface area contributed by atoms with Crippen LogP contribution in [0.3, 0.4) is 0 Å². The van der Waals surface area contributed by atoms with Gasteiger partial charge in [-0.15, -0.1) is 0 Å². The van der Waals surface area contributed by atoms with Crippen molar-refractivity contribution in [2.75, 3.05) is 5.32 Å². The third-order valence-corrected chi connectivity index (χ3v) is 4.21. The van der Waals surface area contributed by atoms with Crippen LogP contribution in [0.4, 0.5) is 5.95 Å². The molecule has 1 amide bonds. The third-order valence-electron chi connectivity index (χ3n) is 3.82. The molecule has 1 heterocycles. The molecular weight excluding hydrogens is 272 g/mol. The first-order chi connectivity index (χ1) is 9.44. The number of nitrogens with zero attached hydrogens (tertiary/aromatic N) is 2. The van der Waals surface area contributed by atoms with Crippen LogP contribution >= 0.6 is 12.2 Å². The van der Waals surface area contributed by atoms with Gasteiger partial charge in [-0.05, 0) is 32.8 Å². The van der Waals surface area contributed by atoms with Crippen LogP contribution in [0.5, 0.6) is 0 Å². The van der Waals surface area contributed by atoms with Gasteiger partial charge in [-0.25, -0.2) is 9.97 Å². The van der Waals surface area contributed by atoms with Gasteiger partial charge in [-0.3, -0.25) is 10.1 Å². The maximum absolute atomic E-state index is 12.6.